The summed E-state index contributed by atoms with van der Waals surface area (Å²) in [6, 6.07) is 2.89. The number of halogens is 3. The minimum atomic E-state index is -4.38. The summed E-state index contributed by atoms with van der Waals surface area (Å²) in [5, 5.41) is 6.82. The Kier molecular flexibility index (Phi) is 2.27. The monoisotopic (exact) mass is 188 g/mol. The van der Waals surface area contributed by atoms with E-state index in [1.807, 2.05) is 0 Å². The van der Waals surface area contributed by atoms with Crippen molar-refractivity contribution in [2.24, 2.45) is 0 Å². The van der Waals surface area contributed by atoms with Crippen LogP contribution >= 0.6 is 0 Å². The van der Waals surface area contributed by atoms with Crippen LogP contribution in [-0.2, 0) is 6.18 Å². The van der Waals surface area contributed by atoms with Crippen molar-refractivity contribution in [2.75, 3.05) is 5.73 Å². The third kappa shape index (κ3) is 1.99. The van der Waals surface area contributed by atoms with Gasteiger partial charge >= 0.3 is 6.18 Å². The number of nitrogen functional groups attached to an aromatic ring is 1. The quantitative estimate of drug-likeness (QED) is 0.515. The van der Waals surface area contributed by atoms with Crippen LogP contribution in [0.5, 0.6) is 0 Å². The van der Waals surface area contributed by atoms with Crippen molar-refractivity contribution in [2.45, 2.75) is 6.18 Å². The Balaban J connectivity index is 3.17. The second-order valence-electron chi connectivity index (χ2n) is 2.49. The number of nitrogens with two attached hydrogens (primary N) is 1. The lowest BCUT2D eigenvalue weighted by Gasteiger charge is -2.08. The first kappa shape index (κ1) is 9.57. The Morgan fingerprint density at radius 3 is 2.31 bits per heavy atom. The van der Waals surface area contributed by atoms with Crippen molar-refractivity contribution in [3.63, 3.8) is 0 Å². The van der Waals surface area contributed by atoms with Crippen LogP contribution < -0.4 is 5.73 Å². The maximum atomic E-state index is 12.1. The molecule has 0 aliphatic carbocycles. The third-order valence-corrected chi connectivity index (χ3v) is 1.57. The molecule has 3 N–H and O–H groups in total. The summed E-state index contributed by atoms with van der Waals surface area (Å²) >= 11 is 0. The fourth-order valence-corrected chi connectivity index (χ4v) is 0.883. The number of hydrogen-bond acceptors (Lipinski definition) is 2. The fourth-order valence-electron chi connectivity index (χ4n) is 0.883. The number of nitrogens with one attached hydrogen (secondary N) is 1. The molecule has 0 atom stereocenters. The van der Waals surface area contributed by atoms with Crippen molar-refractivity contribution in [3.05, 3.63) is 29.3 Å². The number of benzene rings is 1. The molecule has 0 bridgehead atoms. The van der Waals surface area contributed by atoms with Gasteiger partial charge in [0.15, 0.2) is 0 Å². The van der Waals surface area contributed by atoms with Crippen molar-refractivity contribution in [3.8, 4) is 0 Å². The van der Waals surface area contributed by atoms with Crippen LogP contribution in [0.3, 0.4) is 0 Å². The number of hydrogen-bond donors (Lipinski definition) is 2. The predicted molar refractivity (Wildman–Crippen MR) is 43.7 cm³/mol. The first-order valence-electron chi connectivity index (χ1n) is 3.42. The molecule has 2 nitrogen and oxygen atoms in total. The molecule has 0 saturated carbocycles. The molecule has 1 aromatic rings. The van der Waals surface area contributed by atoms with Gasteiger partial charge in [-0.3, -0.25) is 0 Å². The van der Waals surface area contributed by atoms with Gasteiger partial charge in [-0.25, -0.2) is 0 Å². The highest BCUT2D eigenvalue weighted by molar-refractivity contribution is 5.84. The van der Waals surface area contributed by atoms with Crippen LogP contribution in [0.15, 0.2) is 18.2 Å². The molecular formula is C8H7F3N2. The van der Waals surface area contributed by atoms with E-state index in [0.717, 1.165) is 18.3 Å². The van der Waals surface area contributed by atoms with Gasteiger partial charge < -0.3 is 11.1 Å². The zero-order chi connectivity index (χ0) is 10.1. The lowest BCUT2D eigenvalue weighted by atomic mass is 10.1. The molecule has 1 rings (SSSR count). The third-order valence-electron chi connectivity index (χ3n) is 1.57. The molecule has 5 heteroatoms. The van der Waals surface area contributed by atoms with Crippen LogP contribution in [0.2, 0.25) is 0 Å². The van der Waals surface area contributed by atoms with Crippen molar-refractivity contribution < 1.29 is 13.2 Å². The van der Waals surface area contributed by atoms with Crippen LogP contribution in [0.25, 0.3) is 0 Å². The van der Waals surface area contributed by atoms with Gasteiger partial charge in [-0.2, -0.15) is 13.2 Å². The van der Waals surface area contributed by atoms with E-state index in [9.17, 15) is 13.2 Å². The Hall–Kier alpha value is -1.52. The van der Waals surface area contributed by atoms with Crippen molar-refractivity contribution in [1.82, 2.24) is 0 Å². The van der Waals surface area contributed by atoms with Crippen LogP contribution in [0.1, 0.15) is 11.1 Å². The van der Waals surface area contributed by atoms with Crippen LogP contribution in [0.4, 0.5) is 18.9 Å². The zero-order valence-corrected chi connectivity index (χ0v) is 6.52. The maximum absolute atomic E-state index is 12.1. The summed E-state index contributed by atoms with van der Waals surface area (Å²) in [5.41, 5.74) is 4.73. The van der Waals surface area contributed by atoms with Crippen molar-refractivity contribution in [1.29, 1.82) is 5.41 Å². The molecule has 0 aliphatic heterocycles. The van der Waals surface area contributed by atoms with E-state index in [1.54, 1.807) is 0 Å². The zero-order valence-electron chi connectivity index (χ0n) is 6.52. The van der Waals surface area contributed by atoms with Gasteiger partial charge in [0, 0.05) is 17.5 Å². The lowest BCUT2D eigenvalue weighted by molar-refractivity contribution is -0.137. The summed E-state index contributed by atoms with van der Waals surface area (Å²) < 4.78 is 36.3. The predicted octanol–water partition coefficient (Wildman–Crippen LogP) is 2.29. The molecule has 0 heterocycles. The van der Waals surface area contributed by atoms with Crippen LogP contribution in [-0.4, -0.2) is 6.21 Å². The van der Waals surface area contributed by atoms with E-state index < -0.39 is 11.7 Å². The molecule has 0 amide bonds. The highest BCUT2D eigenvalue weighted by atomic mass is 19.4. The van der Waals surface area contributed by atoms with Crippen LogP contribution in [0, 0.1) is 5.41 Å². The van der Waals surface area contributed by atoms with Gasteiger partial charge in [0.1, 0.15) is 0 Å². The van der Waals surface area contributed by atoms with Gasteiger partial charge in [0.05, 0.1) is 5.56 Å². The van der Waals surface area contributed by atoms with Gasteiger partial charge in [-0.15, -0.1) is 0 Å². The normalized spacial score (nSPS) is 11.3. The van der Waals surface area contributed by atoms with Gasteiger partial charge in [-0.05, 0) is 12.1 Å². The summed E-state index contributed by atoms with van der Waals surface area (Å²) in [4.78, 5) is 0. The van der Waals surface area contributed by atoms with E-state index >= 15 is 0 Å². The summed E-state index contributed by atoms with van der Waals surface area (Å²) in [6.45, 7) is 0. The molecule has 13 heavy (non-hydrogen) atoms. The first-order chi connectivity index (χ1) is 5.95. The fraction of sp³-hybridized carbons (Fsp3) is 0.125. The first-order valence-corrected chi connectivity index (χ1v) is 3.42. The molecular weight excluding hydrogens is 181 g/mol. The maximum Gasteiger partial charge on any atom is 0.416 e. The molecule has 0 fully saturated rings. The average Bonchev–Trinajstić information content (AvgIpc) is 2.02. The molecule has 0 unspecified atom stereocenters. The van der Waals surface area contributed by atoms with Crippen molar-refractivity contribution >= 4 is 11.9 Å². The Bertz CT molecular complexity index is 331. The Morgan fingerprint density at radius 2 is 1.92 bits per heavy atom. The molecule has 1 aromatic carbocycles. The lowest BCUT2D eigenvalue weighted by Crippen LogP contribution is -2.06. The summed E-state index contributed by atoms with van der Waals surface area (Å²) in [7, 11) is 0. The average molecular weight is 188 g/mol. The van der Waals surface area contributed by atoms with E-state index in [4.69, 9.17) is 11.1 Å². The second kappa shape index (κ2) is 3.08. The van der Waals surface area contributed by atoms with Gasteiger partial charge in [0.25, 0.3) is 0 Å². The summed E-state index contributed by atoms with van der Waals surface area (Å²) in [6.07, 6.45) is -3.47. The molecule has 70 valence electrons. The largest absolute Gasteiger partial charge is 0.416 e. The molecule has 0 saturated heterocycles. The SMILES string of the molecule is N=Cc1ccc(C(F)(F)F)cc1N. The standard InChI is InChI=1S/C8H7F3N2/c9-8(10,11)6-2-1-5(4-12)7(13)3-6/h1-4,12H,13H2. The smallest absolute Gasteiger partial charge is 0.398 e. The van der Waals surface area contributed by atoms with E-state index in [1.165, 1.54) is 6.07 Å². The minimum absolute atomic E-state index is 0.0372. The Morgan fingerprint density at radius 1 is 1.31 bits per heavy atom. The van der Waals surface area contributed by atoms with Gasteiger partial charge in [-0.1, -0.05) is 6.07 Å². The van der Waals surface area contributed by atoms with E-state index in [0.29, 0.717) is 0 Å². The molecule has 0 spiro atoms. The highest BCUT2D eigenvalue weighted by Crippen LogP contribution is 2.30. The number of alkyl halides is 3. The second-order valence-corrected chi connectivity index (χ2v) is 2.49. The molecule has 0 aliphatic rings. The number of anilines is 1. The number of rotatable bonds is 1. The van der Waals surface area contributed by atoms with E-state index in [2.05, 4.69) is 0 Å². The van der Waals surface area contributed by atoms with Gasteiger partial charge in [0.2, 0.25) is 0 Å². The Labute approximate surface area is 72.7 Å². The molecule has 0 aromatic heterocycles. The van der Waals surface area contributed by atoms with E-state index in [-0.39, 0.29) is 11.3 Å². The molecule has 0 radical (unpaired) electrons. The minimum Gasteiger partial charge on any atom is -0.398 e. The summed E-state index contributed by atoms with van der Waals surface area (Å²) in [5.74, 6) is 0. The topological polar surface area (TPSA) is 49.9 Å². The highest BCUT2D eigenvalue weighted by Gasteiger charge is 2.30.